The number of hydrogen-bond acceptors (Lipinski definition) is 2. The maximum atomic E-state index is 10.8. The van der Waals surface area contributed by atoms with Crippen molar-refractivity contribution >= 4 is 5.97 Å². The van der Waals surface area contributed by atoms with Crippen LogP contribution in [-0.2, 0) is 17.8 Å². The summed E-state index contributed by atoms with van der Waals surface area (Å²) in [4.78, 5) is 10.8. The van der Waals surface area contributed by atoms with E-state index in [0.717, 1.165) is 23.6 Å². The van der Waals surface area contributed by atoms with E-state index in [4.69, 9.17) is 5.11 Å². The first kappa shape index (κ1) is 14.1. The zero-order valence-corrected chi connectivity index (χ0v) is 11.6. The molecular weight excluding hydrogens is 238 g/mol. The monoisotopic (exact) mass is 261 g/mol. The molecule has 3 heteroatoms. The minimum absolute atomic E-state index is 0.107. The third kappa shape index (κ3) is 4.06. The number of carbonyl (C=O) groups is 1. The lowest BCUT2D eigenvalue weighted by atomic mass is 9.98. The lowest BCUT2D eigenvalue weighted by Gasteiger charge is -2.21. The van der Waals surface area contributed by atoms with E-state index in [1.807, 2.05) is 24.3 Å². The number of aliphatic carboxylic acids is 1. The summed E-state index contributed by atoms with van der Waals surface area (Å²) >= 11 is 0. The predicted molar refractivity (Wildman–Crippen MR) is 76.0 cm³/mol. The summed E-state index contributed by atoms with van der Waals surface area (Å²) in [7, 11) is 0. The first-order valence-corrected chi connectivity index (χ1v) is 7.19. The summed E-state index contributed by atoms with van der Waals surface area (Å²) in [6, 6.07) is 8.32. The van der Waals surface area contributed by atoms with Crippen molar-refractivity contribution < 1.29 is 9.90 Å². The molecule has 1 atom stereocenters. The third-order valence-corrected chi connectivity index (χ3v) is 4.18. The molecule has 3 nitrogen and oxygen atoms in total. The maximum Gasteiger partial charge on any atom is 0.307 e. The summed E-state index contributed by atoms with van der Waals surface area (Å²) in [5, 5.41) is 12.5. The van der Waals surface area contributed by atoms with Crippen molar-refractivity contribution in [3.63, 3.8) is 0 Å². The predicted octanol–water partition coefficient (Wildman–Crippen LogP) is 2.98. The second kappa shape index (κ2) is 6.71. The molecule has 0 bridgehead atoms. The fraction of sp³-hybridized carbons (Fsp3) is 0.562. The maximum absolute atomic E-state index is 10.8. The minimum atomic E-state index is -0.767. The van der Waals surface area contributed by atoms with Crippen LogP contribution in [0.3, 0.4) is 0 Å². The van der Waals surface area contributed by atoms with Crippen LogP contribution in [0.2, 0.25) is 0 Å². The molecule has 0 amide bonds. The van der Waals surface area contributed by atoms with Gasteiger partial charge in [-0.3, -0.25) is 4.79 Å². The van der Waals surface area contributed by atoms with Gasteiger partial charge in [-0.15, -0.1) is 0 Å². The van der Waals surface area contributed by atoms with Crippen LogP contribution in [-0.4, -0.2) is 17.1 Å². The lowest BCUT2D eigenvalue weighted by Crippen LogP contribution is -2.32. The van der Waals surface area contributed by atoms with Crippen LogP contribution in [0.25, 0.3) is 0 Å². The topological polar surface area (TPSA) is 49.3 Å². The van der Waals surface area contributed by atoms with E-state index in [9.17, 15) is 4.79 Å². The van der Waals surface area contributed by atoms with Gasteiger partial charge >= 0.3 is 5.97 Å². The van der Waals surface area contributed by atoms with Gasteiger partial charge in [-0.25, -0.2) is 0 Å². The Balaban J connectivity index is 1.92. The molecule has 1 aliphatic rings. The van der Waals surface area contributed by atoms with E-state index in [0.29, 0.717) is 6.04 Å². The van der Waals surface area contributed by atoms with Crippen LogP contribution in [0, 0.1) is 5.92 Å². The largest absolute Gasteiger partial charge is 0.481 e. The quantitative estimate of drug-likeness (QED) is 0.827. The Kier molecular flexibility index (Phi) is 4.97. The van der Waals surface area contributed by atoms with Crippen LogP contribution >= 0.6 is 0 Å². The molecule has 104 valence electrons. The molecule has 0 heterocycles. The Hall–Kier alpha value is -1.35. The highest BCUT2D eigenvalue weighted by Gasteiger charge is 2.21. The molecule has 0 spiro atoms. The molecule has 0 saturated heterocycles. The summed E-state index contributed by atoms with van der Waals surface area (Å²) in [5.41, 5.74) is 2.02. The number of rotatable bonds is 6. The fourth-order valence-electron chi connectivity index (χ4n) is 2.96. The molecule has 1 fully saturated rings. The summed E-state index contributed by atoms with van der Waals surface area (Å²) in [6.45, 7) is 3.01. The van der Waals surface area contributed by atoms with E-state index in [1.165, 1.54) is 25.7 Å². The lowest BCUT2D eigenvalue weighted by molar-refractivity contribution is -0.136. The van der Waals surface area contributed by atoms with Crippen LogP contribution in [0.5, 0.6) is 0 Å². The molecule has 2 N–H and O–H groups in total. The Labute approximate surface area is 115 Å². The van der Waals surface area contributed by atoms with E-state index < -0.39 is 5.97 Å². The minimum Gasteiger partial charge on any atom is -0.481 e. The van der Waals surface area contributed by atoms with Gasteiger partial charge in [-0.1, -0.05) is 37.1 Å². The molecule has 0 radical (unpaired) electrons. The number of carboxylic acids is 1. The van der Waals surface area contributed by atoms with E-state index in [-0.39, 0.29) is 6.42 Å². The Bertz CT molecular complexity index is 425. The molecule has 19 heavy (non-hydrogen) atoms. The average Bonchev–Trinajstić information content (AvgIpc) is 2.90. The zero-order valence-electron chi connectivity index (χ0n) is 11.6. The Morgan fingerprint density at radius 3 is 2.58 bits per heavy atom. The summed E-state index contributed by atoms with van der Waals surface area (Å²) in [6.07, 6.45) is 5.46. The normalized spacial score (nSPS) is 17.5. The van der Waals surface area contributed by atoms with E-state index in [2.05, 4.69) is 12.2 Å². The standard InChI is InChI=1S/C16H23NO2/c1-12(13-6-2-3-7-13)17-11-15-9-5-4-8-14(15)10-16(18)19/h4-5,8-9,12-13,17H,2-3,6-7,10-11H2,1H3,(H,18,19)/t12-/m1/s1. The SMILES string of the molecule is C[C@@H](NCc1ccccc1CC(=O)O)C1CCCC1. The van der Waals surface area contributed by atoms with E-state index >= 15 is 0 Å². The van der Waals surface area contributed by atoms with Crippen LogP contribution < -0.4 is 5.32 Å². The van der Waals surface area contributed by atoms with Crippen molar-refractivity contribution in [2.24, 2.45) is 5.92 Å². The number of nitrogens with one attached hydrogen (secondary N) is 1. The van der Waals surface area contributed by atoms with Gasteiger partial charge < -0.3 is 10.4 Å². The van der Waals surface area contributed by atoms with Gasteiger partial charge in [0.15, 0.2) is 0 Å². The van der Waals surface area contributed by atoms with Gasteiger partial charge in [-0.2, -0.15) is 0 Å². The Morgan fingerprint density at radius 1 is 1.32 bits per heavy atom. The molecule has 1 saturated carbocycles. The molecule has 0 aromatic heterocycles. The highest BCUT2D eigenvalue weighted by Crippen LogP contribution is 2.27. The number of benzene rings is 1. The van der Waals surface area contributed by atoms with E-state index in [1.54, 1.807) is 0 Å². The first-order chi connectivity index (χ1) is 9.16. The van der Waals surface area contributed by atoms with Crippen LogP contribution in [0.4, 0.5) is 0 Å². The molecule has 1 aromatic rings. The highest BCUT2D eigenvalue weighted by molar-refractivity contribution is 5.70. The van der Waals surface area contributed by atoms with Crippen LogP contribution in [0.15, 0.2) is 24.3 Å². The average molecular weight is 261 g/mol. The summed E-state index contributed by atoms with van der Waals surface area (Å²) < 4.78 is 0. The third-order valence-electron chi connectivity index (χ3n) is 4.18. The van der Waals surface area contributed by atoms with Gasteiger partial charge in [0.25, 0.3) is 0 Å². The van der Waals surface area contributed by atoms with Gasteiger partial charge in [0, 0.05) is 12.6 Å². The zero-order chi connectivity index (χ0) is 13.7. The molecule has 1 aromatic carbocycles. The van der Waals surface area contributed by atoms with Gasteiger partial charge in [0.2, 0.25) is 0 Å². The van der Waals surface area contributed by atoms with Gasteiger partial charge in [0.1, 0.15) is 0 Å². The van der Waals surface area contributed by atoms with Crippen molar-refractivity contribution in [3.05, 3.63) is 35.4 Å². The molecule has 0 aliphatic heterocycles. The fourth-order valence-corrected chi connectivity index (χ4v) is 2.96. The second-order valence-corrected chi connectivity index (χ2v) is 5.55. The molecule has 1 aliphatic carbocycles. The number of carboxylic acid groups (broad SMARTS) is 1. The Morgan fingerprint density at radius 2 is 1.95 bits per heavy atom. The van der Waals surface area contributed by atoms with Crippen molar-refractivity contribution in [3.8, 4) is 0 Å². The molecule has 2 rings (SSSR count). The van der Waals surface area contributed by atoms with Crippen molar-refractivity contribution in [2.75, 3.05) is 0 Å². The van der Waals surface area contributed by atoms with Crippen molar-refractivity contribution in [1.82, 2.24) is 5.32 Å². The second-order valence-electron chi connectivity index (χ2n) is 5.55. The molecular formula is C16H23NO2. The van der Waals surface area contributed by atoms with Gasteiger partial charge in [-0.05, 0) is 36.8 Å². The summed E-state index contributed by atoms with van der Waals surface area (Å²) in [5.74, 6) is 0.0166. The number of hydrogen-bond donors (Lipinski definition) is 2. The van der Waals surface area contributed by atoms with Crippen molar-refractivity contribution in [1.29, 1.82) is 0 Å². The smallest absolute Gasteiger partial charge is 0.307 e. The highest BCUT2D eigenvalue weighted by atomic mass is 16.4. The van der Waals surface area contributed by atoms with Crippen LogP contribution in [0.1, 0.15) is 43.7 Å². The van der Waals surface area contributed by atoms with Gasteiger partial charge in [0.05, 0.1) is 6.42 Å². The first-order valence-electron chi connectivity index (χ1n) is 7.19. The van der Waals surface area contributed by atoms with Crippen molar-refractivity contribution in [2.45, 2.75) is 51.6 Å². The molecule has 0 unspecified atom stereocenters.